The quantitative estimate of drug-likeness (QED) is 0.477. The summed E-state index contributed by atoms with van der Waals surface area (Å²) in [6.45, 7) is 1.08. The van der Waals surface area contributed by atoms with Crippen LogP contribution in [0.2, 0.25) is 0 Å². The summed E-state index contributed by atoms with van der Waals surface area (Å²) in [4.78, 5) is 46.2. The molecule has 4 N–H and O–H groups in total. The van der Waals surface area contributed by atoms with Crippen molar-refractivity contribution < 1.29 is 14.4 Å². The fourth-order valence-electron chi connectivity index (χ4n) is 4.46. The second kappa shape index (κ2) is 8.35. The Bertz CT molecular complexity index is 1280. The molecule has 0 aliphatic carbocycles. The lowest BCUT2D eigenvalue weighted by atomic mass is 9.87. The van der Waals surface area contributed by atoms with Crippen molar-refractivity contribution in [3.63, 3.8) is 0 Å². The minimum absolute atomic E-state index is 0.114. The zero-order valence-corrected chi connectivity index (χ0v) is 19.6. The van der Waals surface area contributed by atoms with Crippen molar-refractivity contribution >= 4 is 61.7 Å². The van der Waals surface area contributed by atoms with E-state index in [2.05, 4.69) is 15.6 Å². The van der Waals surface area contributed by atoms with E-state index in [4.69, 9.17) is 5.73 Å². The molecule has 5 rings (SSSR count). The third-order valence-electron chi connectivity index (χ3n) is 6.21. The molecule has 3 amide bonds. The fourth-order valence-corrected chi connectivity index (χ4v) is 6.97. The predicted octanol–water partition coefficient (Wildman–Crippen LogP) is 3.98. The molecular formula is C23H23N5O3S2. The Balaban J connectivity index is 1.38. The number of hydrogen-bond donors (Lipinski definition) is 3. The van der Waals surface area contributed by atoms with Gasteiger partial charge in [-0.3, -0.25) is 14.9 Å². The highest BCUT2D eigenvalue weighted by atomic mass is 32.2. The first-order chi connectivity index (χ1) is 15.9. The number of thioether (sulfide) groups is 1. The Morgan fingerprint density at radius 1 is 1.21 bits per heavy atom. The number of piperidine rings is 1. The van der Waals surface area contributed by atoms with Crippen molar-refractivity contribution in [2.45, 2.75) is 28.9 Å². The molecule has 8 nitrogen and oxygen atoms in total. The smallest absolute Gasteiger partial charge is 0.319 e. The van der Waals surface area contributed by atoms with E-state index >= 15 is 0 Å². The van der Waals surface area contributed by atoms with Gasteiger partial charge in [0, 0.05) is 59.0 Å². The highest BCUT2D eigenvalue weighted by molar-refractivity contribution is 8.01. The molecule has 170 valence electrons. The molecule has 0 bridgehead atoms. The summed E-state index contributed by atoms with van der Waals surface area (Å²) in [6, 6.07) is 8.76. The maximum Gasteiger partial charge on any atom is 0.319 e. The van der Waals surface area contributed by atoms with Gasteiger partial charge in [-0.15, -0.1) is 11.8 Å². The Kier molecular flexibility index (Phi) is 5.49. The largest absolute Gasteiger partial charge is 0.399 e. The first-order valence-electron chi connectivity index (χ1n) is 10.7. The van der Waals surface area contributed by atoms with Crippen molar-refractivity contribution in [3.8, 4) is 0 Å². The van der Waals surface area contributed by atoms with Gasteiger partial charge in [0.2, 0.25) is 0 Å². The number of carbonyl (C=O) groups excluding carboxylic acids is 3. The molecule has 0 saturated carbocycles. The van der Waals surface area contributed by atoms with Crippen molar-refractivity contribution in [3.05, 3.63) is 47.7 Å². The van der Waals surface area contributed by atoms with Crippen LogP contribution in [0.4, 0.5) is 15.5 Å². The number of carbonyl (C=O) groups is 3. The first kappa shape index (κ1) is 21.7. The molecule has 0 radical (unpaired) electrons. The molecule has 1 spiro atoms. The lowest BCUT2D eigenvalue weighted by Gasteiger charge is -2.43. The molecule has 1 saturated heterocycles. The van der Waals surface area contributed by atoms with Crippen LogP contribution in [0.25, 0.3) is 10.2 Å². The van der Waals surface area contributed by atoms with Gasteiger partial charge in [0.15, 0.2) is 5.78 Å². The molecular weight excluding hydrogens is 458 g/mol. The average molecular weight is 482 g/mol. The van der Waals surface area contributed by atoms with Crippen molar-refractivity contribution in [1.82, 2.24) is 15.2 Å². The van der Waals surface area contributed by atoms with Gasteiger partial charge in [0.1, 0.15) is 9.83 Å². The van der Waals surface area contributed by atoms with Crippen LogP contribution < -0.4 is 16.4 Å². The number of benzene rings is 1. The maximum atomic E-state index is 13.6. The summed E-state index contributed by atoms with van der Waals surface area (Å²) in [5.74, 6) is -0.0152. The number of nitrogens with two attached hydrogens (primary N) is 1. The minimum Gasteiger partial charge on any atom is -0.399 e. The molecule has 0 atom stereocenters. The van der Waals surface area contributed by atoms with Gasteiger partial charge in [-0.25, -0.2) is 9.78 Å². The standard InChI is InChI=1S/C23H23N5O3S2/c1-25-22(31)27-20-18(14-3-2-8-26-19(14)32-20)21(30)28-9-6-23(7-10-28)12-16(29)15-11-13(24)4-5-17(15)33-23/h2-5,8,11H,6-7,9-10,12,24H2,1H3,(H2,25,27,31). The minimum atomic E-state index is -0.385. The second-order valence-electron chi connectivity index (χ2n) is 8.30. The van der Waals surface area contributed by atoms with Crippen LogP contribution in [0.5, 0.6) is 0 Å². The average Bonchev–Trinajstić information content (AvgIpc) is 3.17. The van der Waals surface area contributed by atoms with Crippen molar-refractivity contribution in [1.29, 1.82) is 0 Å². The third-order valence-corrected chi connectivity index (χ3v) is 8.80. The van der Waals surface area contributed by atoms with Crippen LogP contribution in [0.1, 0.15) is 40.0 Å². The number of rotatable bonds is 2. The zero-order chi connectivity index (χ0) is 23.2. The summed E-state index contributed by atoms with van der Waals surface area (Å²) >= 11 is 3.02. The van der Waals surface area contributed by atoms with Crippen LogP contribution in [-0.4, -0.2) is 52.5 Å². The Morgan fingerprint density at radius 2 is 2.00 bits per heavy atom. The zero-order valence-electron chi connectivity index (χ0n) is 18.0. The molecule has 2 aliphatic heterocycles. The molecule has 1 fully saturated rings. The van der Waals surface area contributed by atoms with Gasteiger partial charge in [-0.05, 0) is 43.2 Å². The summed E-state index contributed by atoms with van der Waals surface area (Å²) < 4.78 is -0.210. The number of fused-ring (bicyclic) bond motifs is 2. The number of nitrogens with one attached hydrogen (secondary N) is 2. The van der Waals surface area contributed by atoms with Crippen LogP contribution in [0.3, 0.4) is 0 Å². The molecule has 1 aromatic carbocycles. The first-order valence-corrected chi connectivity index (χ1v) is 12.3. The van der Waals surface area contributed by atoms with E-state index in [-0.39, 0.29) is 22.5 Å². The normalized spacial score (nSPS) is 17.1. The van der Waals surface area contributed by atoms with Crippen LogP contribution in [0.15, 0.2) is 41.4 Å². The van der Waals surface area contributed by atoms with E-state index in [1.807, 2.05) is 23.1 Å². The van der Waals surface area contributed by atoms with Gasteiger partial charge in [0.25, 0.3) is 5.91 Å². The highest BCUT2D eigenvalue weighted by Gasteiger charge is 2.43. The number of anilines is 2. The van der Waals surface area contributed by atoms with E-state index in [1.165, 1.54) is 18.4 Å². The predicted molar refractivity (Wildman–Crippen MR) is 131 cm³/mol. The number of nitrogen functional groups attached to an aromatic ring is 1. The number of hydrogen-bond acceptors (Lipinski definition) is 7. The maximum absolute atomic E-state index is 13.6. The lowest BCUT2D eigenvalue weighted by Crippen LogP contribution is -2.47. The van der Waals surface area contributed by atoms with Crippen LogP contribution in [-0.2, 0) is 0 Å². The fraction of sp³-hybridized carbons (Fsp3) is 0.304. The van der Waals surface area contributed by atoms with Gasteiger partial charge in [-0.2, -0.15) is 0 Å². The number of ketones is 1. The topological polar surface area (TPSA) is 117 Å². The summed E-state index contributed by atoms with van der Waals surface area (Å²) in [7, 11) is 1.53. The SMILES string of the molecule is CNC(=O)Nc1sc2ncccc2c1C(=O)N1CCC2(CC1)CC(=O)c1cc(N)ccc1S2. The molecule has 33 heavy (non-hydrogen) atoms. The van der Waals surface area contributed by atoms with Crippen LogP contribution in [0, 0.1) is 0 Å². The van der Waals surface area contributed by atoms with E-state index in [9.17, 15) is 14.4 Å². The van der Waals surface area contributed by atoms with Gasteiger partial charge in [0.05, 0.1) is 5.56 Å². The van der Waals surface area contributed by atoms with Gasteiger partial charge >= 0.3 is 6.03 Å². The Morgan fingerprint density at radius 3 is 2.76 bits per heavy atom. The second-order valence-corrected chi connectivity index (χ2v) is 10.8. The number of aromatic nitrogens is 1. The Labute approximate surface area is 198 Å². The summed E-state index contributed by atoms with van der Waals surface area (Å²) in [5.41, 5.74) is 7.63. The number of thiophene rings is 1. The third kappa shape index (κ3) is 3.93. The van der Waals surface area contributed by atoms with E-state index in [0.717, 1.165) is 23.1 Å². The van der Waals surface area contributed by atoms with E-state index in [1.54, 1.807) is 30.1 Å². The number of pyridine rings is 1. The number of amides is 3. The number of likely N-dealkylation sites (tertiary alicyclic amines) is 1. The van der Waals surface area contributed by atoms with Crippen LogP contribution >= 0.6 is 23.1 Å². The molecule has 3 aromatic rings. The Hall–Kier alpha value is -3.11. The monoisotopic (exact) mass is 481 g/mol. The number of Topliss-reactive ketones (excluding diaryl/α,β-unsaturated/α-hetero) is 1. The highest BCUT2D eigenvalue weighted by Crippen LogP contribution is 2.49. The molecule has 2 aromatic heterocycles. The van der Waals surface area contributed by atoms with Gasteiger partial charge in [-0.1, -0.05) is 11.3 Å². The van der Waals surface area contributed by atoms with Crippen molar-refractivity contribution in [2.24, 2.45) is 0 Å². The molecule has 2 aliphatic rings. The lowest BCUT2D eigenvalue weighted by molar-refractivity contribution is 0.0699. The number of urea groups is 1. The molecule has 10 heteroatoms. The van der Waals surface area contributed by atoms with Crippen molar-refractivity contribution in [2.75, 3.05) is 31.2 Å². The van der Waals surface area contributed by atoms with E-state index < -0.39 is 0 Å². The van der Waals surface area contributed by atoms with E-state index in [0.29, 0.717) is 46.2 Å². The number of nitrogens with zero attached hydrogens (tertiary/aromatic N) is 2. The molecule has 4 heterocycles. The summed E-state index contributed by atoms with van der Waals surface area (Å²) in [5, 5.41) is 6.51. The summed E-state index contributed by atoms with van der Waals surface area (Å²) in [6.07, 6.45) is 3.56. The molecule has 0 unspecified atom stereocenters. The van der Waals surface area contributed by atoms with Gasteiger partial charge < -0.3 is 16.0 Å².